The number of rotatable bonds is 3. The number of carbonyl (C=O) groups excluding carboxylic acids is 2. The average Bonchev–Trinajstić information content (AvgIpc) is 3.10. The van der Waals surface area contributed by atoms with Crippen molar-refractivity contribution < 1.29 is 22.8 Å². The zero-order chi connectivity index (χ0) is 24.6. The maximum atomic E-state index is 13.6. The van der Waals surface area contributed by atoms with Gasteiger partial charge < -0.3 is 20.0 Å². The molecule has 0 bridgehead atoms. The molecule has 1 atom stereocenters. The van der Waals surface area contributed by atoms with Gasteiger partial charge in [-0.2, -0.15) is 18.4 Å². The number of nitriles is 1. The monoisotopic (exact) mass is 465 g/mol. The number of urea groups is 1. The van der Waals surface area contributed by atoms with Crippen LogP contribution < -0.4 is 10.2 Å². The van der Waals surface area contributed by atoms with Crippen LogP contribution in [0.15, 0.2) is 18.2 Å². The zero-order valence-corrected chi connectivity index (χ0v) is 19.4. The first kappa shape index (κ1) is 24.7. The van der Waals surface area contributed by atoms with E-state index in [1.807, 2.05) is 13.8 Å². The van der Waals surface area contributed by atoms with Crippen LogP contribution in [0.1, 0.15) is 44.2 Å². The number of likely N-dealkylation sites (N-methyl/N-ethyl adjacent to an activating group) is 1. The Bertz CT molecular complexity index is 946. The Morgan fingerprint density at radius 1 is 1.24 bits per heavy atom. The summed E-state index contributed by atoms with van der Waals surface area (Å²) in [5.74, 6) is -0.176. The first-order chi connectivity index (χ1) is 15.4. The van der Waals surface area contributed by atoms with Crippen LogP contribution in [0.2, 0.25) is 0 Å². The van der Waals surface area contributed by atoms with Crippen LogP contribution in [0.25, 0.3) is 0 Å². The Labute approximate surface area is 192 Å². The van der Waals surface area contributed by atoms with E-state index in [-0.39, 0.29) is 29.1 Å². The minimum Gasteiger partial charge on any atom is -0.359 e. The van der Waals surface area contributed by atoms with Crippen molar-refractivity contribution in [2.45, 2.75) is 51.4 Å². The number of likely N-dealkylation sites (tertiary alicyclic amines) is 1. The molecule has 0 saturated carbocycles. The van der Waals surface area contributed by atoms with E-state index in [0.29, 0.717) is 38.9 Å². The Morgan fingerprint density at radius 3 is 2.39 bits per heavy atom. The van der Waals surface area contributed by atoms with Crippen LogP contribution in [-0.2, 0) is 11.0 Å². The lowest BCUT2D eigenvalue weighted by Crippen LogP contribution is -2.49. The molecule has 2 fully saturated rings. The van der Waals surface area contributed by atoms with E-state index in [2.05, 4.69) is 5.32 Å². The molecular weight excluding hydrogens is 435 g/mol. The average molecular weight is 466 g/mol. The number of amides is 3. The van der Waals surface area contributed by atoms with Crippen LogP contribution >= 0.6 is 0 Å². The van der Waals surface area contributed by atoms with Gasteiger partial charge in [0, 0.05) is 45.5 Å². The molecule has 0 radical (unpaired) electrons. The Kier molecular flexibility index (Phi) is 6.82. The standard InChI is InChI=1S/C23H30F3N5O2/c1-15(2)28-21(33)30-9-7-22(8-10-30)12-19(20(32)29(3)4)31(14-22)17-6-5-16(13-27)18(11-17)23(24,25)26/h5-6,11,15,19H,7-10,12,14H2,1-4H3,(H,28,33). The summed E-state index contributed by atoms with van der Waals surface area (Å²) in [5, 5.41) is 12.0. The van der Waals surface area contributed by atoms with Crippen molar-refractivity contribution in [3.05, 3.63) is 29.3 Å². The van der Waals surface area contributed by atoms with E-state index in [1.165, 1.54) is 17.0 Å². The fraction of sp³-hybridized carbons (Fsp3) is 0.609. The first-order valence-electron chi connectivity index (χ1n) is 11.0. The van der Waals surface area contributed by atoms with Crippen LogP contribution in [0.4, 0.5) is 23.7 Å². The van der Waals surface area contributed by atoms with Crippen molar-refractivity contribution in [3.63, 3.8) is 0 Å². The number of carbonyl (C=O) groups is 2. The number of benzene rings is 1. The molecule has 1 N–H and O–H groups in total. The predicted octanol–water partition coefficient (Wildman–Crippen LogP) is 3.44. The lowest BCUT2D eigenvalue weighted by Gasteiger charge is -2.39. The van der Waals surface area contributed by atoms with Crippen molar-refractivity contribution in [1.82, 2.24) is 15.1 Å². The summed E-state index contributed by atoms with van der Waals surface area (Å²) in [4.78, 5) is 30.3. The molecule has 10 heteroatoms. The largest absolute Gasteiger partial charge is 0.417 e. The van der Waals surface area contributed by atoms with Gasteiger partial charge >= 0.3 is 12.2 Å². The van der Waals surface area contributed by atoms with E-state index < -0.39 is 23.3 Å². The zero-order valence-electron chi connectivity index (χ0n) is 19.4. The molecule has 0 aromatic heterocycles. The van der Waals surface area contributed by atoms with Gasteiger partial charge in [-0.15, -0.1) is 0 Å². The summed E-state index contributed by atoms with van der Waals surface area (Å²) >= 11 is 0. The van der Waals surface area contributed by atoms with Crippen LogP contribution in [-0.4, -0.2) is 67.6 Å². The molecule has 3 rings (SSSR count). The second kappa shape index (κ2) is 9.12. The molecule has 2 heterocycles. The number of nitrogens with one attached hydrogen (secondary N) is 1. The molecular formula is C23H30F3N5O2. The third-order valence-corrected chi connectivity index (χ3v) is 6.52. The van der Waals surface area contributed by atoms with E-state index in [1.54, 1.807) is 30.0 Å². The van der Waals surface area contributed by atoms with Gasteiger partial charge in [-0.3, -0.25) is 4.79 Å². The second-order valence-corrected chi connectivity index (χ2v) is 9.51. The SMILES string of the molecule is CC(C)NC(=O)N1CCC2(CC1)CC(C(=O)N(C)C)N(c1ccc(C#N)c(C(F)(F)F)c1)C2. The van der Waals surface area contributed by atoms with Gasteiger partial charge in [-0.05, 0) is 56.7 Å². The minimum atomic E-state index is -4.67. The quantitative estimate of drug-likeness (QED) is 0.742. The highest BCUT2D eigenvalue weighted by Crippen LogP contribution is 2.46. The van der Waals surface area contributed by atoms with Gasteiger partial charge in [0.2, 0.25) is 5.91 Å². The van der Waals surface area contributed by atoms with E-state index in [4.69, 9.17) is 5.26 Å². The molecule has 1 aromatic carbocycles. The summed E-state index contributed by atoms with van der Waals surface area (Å²) < 4.78 is 40.7. The van der Waals surface area contributed by atoms with Crippen molar-refractivity contribution >= 4 is 17.6 Å². The van der Waals surface area contributed by atoms with Crippen molar-refractivity contribution in [2.24, 2.45) is 5.41 Å². The summed E-state index contributed by atoms with van der Waals surface area (Å²) in [7, 11) is 3.26. The Hall–Kier alpha value is -2.96. The van der Waals surface area contributed by atoms with E-state index in [9.17, 15) is 22.8 Å². The smallest absolute Gasteiger partial charge is 0.359 e. The molecule has 2 saturated heterocycles. The summed E-state index contributed by atoms with van der Waals surface area (Å²) in [5.41, 5.74) is -1.45. The predicted molar refractivity (Wildman–Crippen MR) is 118 cm³/mol. The third-order valence-electron chi connectivity index (χ3n) is 6.52. The van der Waals surface area contributed by atoms with Gasteiger partial charge in [-0.25, -0.2) is 4.79 Å². The normalized spacial score (nSPS) is 20.2. The number of nitrogens with zero attached hydrogens (tertiary/aromatic N) is 4. The highest BCUT2D eigenvalue weighted by molar-refractivity contribution is 5.86. The fourth-order valence-corrected chi connectivity index (χ4v) is 4.77. The van der Waals surface area contributed by atoms with E-state index >= 15 is 0 Å². The number of piperidine rings is 1. The number of alkyl halides is 3. The summed E-state index contributed by atoms with van der Waals surface area (Å²) in [6.07, 6.45) is -2.84. The number of hydrogen-bond acceptors (Lipinski definition) is 4. The Morgan fingerprint density at radius 2 is 1.88 bits per heavy atom. The van der Waals surface area contributed by atoms with Gasteiger partial charge in [0.15, 0.2) is 0 Å². The van der Waals surface area contributed by atoms with Crippen molar-refractivity contribution in [1.29, 1.82) is 5.26 Å². The summed E-state index contributed by atoms with van der Waals surface area (Å²) in [6.45, 7) is 5.25. The number of halogens is 3. The van der Waals surface area contributed by atoms with Crippen LogP contribution in [0.3, 0.4) is 0 Å². The Balaban J connectivity index is 1.89. The van der Waals surface area contributed by atoms with Crippen LogP contribution in [0.5, 0.6) is 0 Å². The van der Waals surface area contributed by atoms with Gasteiger partial charge in [0.1, 0.15) is 6.04 Å². The highest BCUT2D eigenvalue weighted by Gasteiger charge is 2.49. The lowest BCUT2D eigenvalue weighted by molar-refractivity contribution is -0.137. The first-order valence-corrected chi connectivity index (χ1v) is 11.0. The molecule has 1 spiro atoms. The molecule has 0 aliphatic carbocycles. The van der Waals surface area contributed by atoms with E-state index in [0.717, 1.165) is 6.07 Å². The minimum absolute atomic E-state index is 0.0247. The fourth-order valence-electron chi connectivity index (χ4n) is 4.77. The topological polar surface area (TPSA) is 79.7 Å². The van der Waals surface area contributed by atoms with Crippen molar-refractivity contribution in [2.75, 3.05) is 38.6 Å². The highest BCUT2D eigenvalue weighted by atomic mass is 19.4. The molecule has 180 valence electrons. The molecule has 1 unspecified atom stereocenters. The number of hydrogen-bond donors (Lipinski definition) is 1. The molecule has 2 aliphatic heterocycles. The third kappa shape index (κ3) is 5.18. The molecule has 3 amide bonds. The van der Waals surface area contributed by atoms with Gasteiger partial charge in [0.05, 0.1) is 17.2 Å². The van der Waals surface area contributed by atoms with Gasteiger partial charge in [-0.1, -0.05) is 0 Å². The number of anilines is 1. The maximum absolute atomic E-state index is 13.6. The lowest BCUT2D eigenvalue weighted by atomic mass is 9.76. The molecule has 1 aromatic rings. The molecule has 2 aliphatic rings. The maximum Gasteiger partial charge on any atom is 0.417 e. The second-order valence-electron chi connectivity index (χ2n) is 9.51. The van der Waals surface area contributed by atoms with Crippen molar-refractivity contribution in [3.8, 4) is 6.07 Å². The van der Waals surface area contributed by atoms with Crippen LogP contribution in [0, 0.1) is 16.7 Å². The molecule has 7 nitrogen and oxygen atoms in total. The molecule has 33 heavy (non-hydrogen) atoms. The van der Waals surface area contributed by atoms with Gasteiger partial charge in [0.25, 0.3) is 0 Å². The summed E-state index contributed by atoms with van der Waals surface area (Å²) in [6, 6.07) is 4.51.